The van der Waals surface area contributed by atoms with Crippen molar-refractivity contribution in [3.63, 3.8) is 0 Å². The Morgan fingerprint density at radius 1 is 1.11 bits per heavy atom. The Morgan fingerprint density at radius 2 is 1.92 bits per heavy atom. The second-order valence-electron chi connectivity index (χ2n) is 8.41. The number of sulfone groups is 1. The molecule has 0 aliphatic heterocycles. The lowest BCUT2D eigenvalue weighted by atomic mass is 10.2. The summed E-state index contributed by atoms with van der Waals surface area (Å²) in [7, 11) is -2.77. The Morgan fingerprint density at radius 3 is 2.69 bits per heavy atom. The molecule has 0 aliphatic carbocycles. The molecule has 0 aliphatic rings. The largest absolute Gasteiger partial charge is 0.495 e. The average Bonchev–Trinajstić information content (AvgIpc) is 3.40. The quantitative estimate of drug-likeness (QED) is 0.330. The van der Waals surface area contributed by atoms with Gasteiger partial charge < -0.3 is 19.0 Å². The summed E-state index contributed by atoms with van der Waals surface area (Å²) in [6, 6.07) is 15.4. The van der Waals surface area contributed by atoms with Crippen LogP contribution in [0.5, 0.6) is 11.5 Å². The fourth-order valence-electron chi connectivity index (χ4n) is 4.35. The van der Waals surface area contributed by atoms with Gasteiger partial charge in [0.2, 0.25) is 9.84 Å². The molecule has 36 heavy (non-hydrogen) atoms. The molecule has 0 bridgehead atoms. The zero-order valence-electron chi connectivity index (χ0n) is 20.1. The molecule has 0 saturated heterocycles. The number of methoxy groups -OCH3 is 1. The van der Waals surface area contributed by atoms with E-state index in [-0.39, 0.29) is 33.2 Å². The number of nitrogens with one attached hydrogen (secondary N) is 1. The summed E-state index contributed by atoms with van der Waals surface area (Å²) in [5.41, 5.74) is 1.57. The molecule has 0 saturated carbocycles. The SMILES string of the molecule is CCCOc1cccc(Cn2c(=O)[nH]c3cc4onc(C)c4c(S(=O)(=O)c4ccccc4OC)c32)c1. The molecule has 5 rings (SSSR count). The van der Waals surface area contributed by atoms with E-state index in [0.717, 1.165) is 12.0 Å². The summed E-state index contributed by atoms with van der Waals surface area (Å²) >= 11 is 0. The number of aromatic nitrogens is 3. The minimum absolute atomic E-state index is 0.0166. The normalized spacial score (nSPS) is 11.9. The maximum absolute atomic E-state index is 14.2. The van der Waals surface area contributed by atoms with Gasteiger partial charge in [-0.1, -0.05) is 36.3 Å². The van der Waals surface area contributed by atoms with E-state index >= 15 is 0 Å². The van der Waals surface area contributed by atoms with Crippen molar-refractivity contribution in [2.75, 3.05) is 13.7 Å². The van der Waals surface area contributed by atoms with Crippen LogP contribution in [-0.2, 0) is 16.4 Å². The fraction of sp³-hybridized carbons (Fsp3) is 0.231. The van der Waals surface area contributed by atoms with E-state index in [9.17, 15) is 13.2 Å². The summed E-state index contributed by atoms with van der Waals surface area (Å²) in [6.45, 7) is 4.39. The molecule has 0 atom stereocenters. The molecule has 3 aromatic carbocycles. The highest BCUT2D eigenvalue weighted by atomic mass is 32.2. The molecule has 0 fully saturated rings. The van der Waals surface area contributed by atoms with Crippen LogP contribution in [-0.4, -0.2) is 36.8 Å². The second kappa shape index (κ2) is 9.19. The van der Waals surface area contributed by atoms with Gasteiger partial charge in [0.25, 0.3) is 0 Å². The number of benzene rings is 3. The Balaban J connectivity index is 1.79. The van der Waals surface area contributed by atoms with E-state index in [0.29, 0.717) is 29.0 Å². The van der Waals surface area contributed by atoms with Crippen LogP contribution in [0.2, 0.25) is 0 Å². The maximum atomic E-state index is 14.2. The average molecular weight is 508 g/mol. The highest BCUT2D eigenvalue weighted by Crippen LogP contribution is 2.39. The first-order chi connectivity index (χ1) is 17.3. The number of aromatic amines is 1. The van der Waals surface area contributed by atoms with Gasteiger partial charge in [0.05, 0.1) is 42.4 Å². The Labute approximate surface area is 207 Å². The van der Waals surface area contributed by atoms with E-state index in [1.54, 1.807) is 31.2 Å². The van der Waals surface area contributed by atoms with E-state index in [2.05, 4.69) is 10.1 Å². The predicted octanol–water partition coefficient (Wildman–Crippen LogP) is 4.46. The first-order valence-corrected chi connectivity index (χ1v) is 12.9. The number of fused-ring (bicyclic) bond motifs is 2. The van der Waals surface area contributed by atoms with Crippen LogP contribution < -0.4 is 15.2 Å². The second-order valence-corrected chi connectivity index (χ2v) is 10.3. The lowest BCUT2D eigenvalue weighted by Gasteiger charge is -2.13. The zero-order valence-corrected chi connectivity index (χ0v) is 20.9. The van der Waals surface area contributed by atoms with Gasteiger partial charge in [0.1, 0.15) is 21.3 Å². The van der Waals surface area contributed by atoms with Gasteiger partial charge in [-0.25, -0.2) is 13.2 Å². The number of hydrogen-bond acceptors (Lipinski definition) is 7. The predicted molar refractivity (Wildman–Crippen MR) is 135 cm³/mol. The summed E-state index contributed by atoms with van der Waals surface area (Å²) in [5.74, 6) is 0.878. The first-order valence-electron chi connectivity index (χ1n) is 11.5. The molecule has 186 valence electrons. The molecule has 0 amide bonds. The fourth-order valence-corrected chi connectivity index (χ4v) is 6.23. The number of imidazole rings is 1. The van der Waals surface area contributed by atoms with Crippen molar-refractivity contribution in [1.82, 2.24) is 14.7 Å². The molecule has 0 unspecified atom stereocenters. The maximum Gasteiger partial charge on any atom is 0.326 e. The molecule has 1 N–H and O–H groups in total. The van der Waals surface area contributed by atoms with E-state index < -0.39 is 15.5 Å². The van der Waals surface area contributed by atoms with Crippen molar-refractivity contribution in [3.8, 4) is 11.5 Å². The first kappa shape index (κ1) is 23.7. The minimum atomic E-state index is -4.18. The van der Waals surface area contributed by atoms with Gasteiger partial charge in [0, 0.05) is 6.07 Å². The molecule has 2 aromatic heterocycles. The number of aryl methyl sites for hydroxylation is 1. The lowest BCUT2D eigenvalue weighted by molar-refractivity contribution is 0.317. The highest BCUT2D eigenvalue weighted by Gasteiger charge is 2.31. The van der Waals surface area contributed by atoms with Gasteiger partial charge in [-0.3, -0.25) is 4.57 Å². The third-order valence-corrected chi connectivity index (χ3v) is 7.81. The minimum Gasteiger partial charge on any atom is -0.495 e. The molecule has 0 radical (unpaired) electrons. The van der Waals surface area contributed by atoms with E-state index in [1.807, 2.05) is 31.2 Å². The van der Waals surface area contributed by atoms with Crippen molar-refractivity contribution in [1.29, 1.82) is 0 Å². The molecular weight excluding hydrogens is 482 g/mol. The molecule has 9 nitrogen and oxygen atoms in total. The smallest absolute Gasteiger partial charge is 0.326 e. The van der Waals surface area contributed by atoms with Gasteiger partial charge in [-0.15, -0.1) is 0 Å². The number of para-hydroxylation sites is 1. The van der Waals surface area contributed by atoms with Crippen LogP contribution in [0.25, 0.3) is 22.0 Å². The third kappa shape index (κ3) is 3.93. The number of ether oxygens (including phenoxy) is 2. The number of nitrogens with zero attached hydrogens (tertiary/aromatic N) is 2. The van der Waals surface area contributed by atoms with Crippen LogP contribution in [0, 0.1) is 6.92 Å². The van der Waals surface area contributed by atoms with Crippen molar-refractivity contribution in [2.24, 2.45) is 0 Å². The van der Waals surface area contributed by atoms with Crippen LogP contribution in [0.3, 0.4) is 0 Å². The molecule has 10 heteroatoms. The van der Waals surface area contributed by atoms with Gasteiger partial charge in [0.15, 0.2) is 5.58 Å². The summed E-state index contributed by atoms with van der Waals surface area (Å²) in [6.07, 6.45) is 0.865. The summed E-state index contributed by atoms with van der Waals surface area (Å²) in [4.78, 5) is 15.8. The molecule has 0 spiro atoms. The van der Waals surface area contributed by atoms with Crippen LogP contribution in [0.15, 0.2) is 73.7 Å². The topological polar surface area (TPSA) is 116 Å². The zero-order chi connectivity index (χ0) is 25.4. The van der Waals surface area contributed by atoms with Crippen molar-refractivity contribution < 1.29 is 22.4 Å². The monoisotopic (exact) mass is 507 g/mol. The molecular formula is C26H25N3O6S. The van der Waals surface area contributed by atoms with Crippen molar-refractivity contribution in [2.45, 2.75) is 36.6 Å². The van der Waals surface area contributed by atoms with Gasteiger partial charge in [-0.2, -0.15) is 0 Å². The van der Waals surface area contributed by atoms with Crippen molar-refractivity contribution >= 4 is 31.8 Å². The third-order valence-electron chi connectivity index (χ3n) is 5.96. The van der Waals surface area contributed by atoms with Crippen molar-refractivity contribution in [3.05, 3.63) is 76.3 Å². The molecule has 5 aromatic rings. The van der Waals surface area contributed by atoms with Crippen LogP contribution in [0.1, 0.15) is 24.6 Å². The summed E-state index contributed by atoms with van der Waals surface area (Å²) < 4.78 is 46.3. The summed E-state index contributed by atoms with van der Waals surface area (Å²) in [5, 5.41) is 4.32. The lowest BCUT2D eigenvalue weighted by Crippen LogP contribution is -2.18. The van der Waals surface area contributed by atoms with E-state index in [1.165, 1.54) is 17.7 Å². The number of H-pyrrole nitrogens is 1. The Bertz CT molecular complexity index is 1750. The molecule has 2 heterocycles. The van der Waals surface area contributed by atoms with Gasteiger partial charge >= 0.3 is 5.69 Å². The Kier molecular flexibility index (Phi) is 6.05. The number of rotatable bonds is 8. The van der Waals surface area contributed by atoms with Gasteiger partial charge in [-0.05, 0) is 43.2 Å². The Hall–Kier alpha value is -4.05. The van der Waals surface area contributed by atoms with E-state index in [4.69, 9.17) is 14.0 Å². The van der Waals surface area contributed by atoms with Crippen LogP contribution >= 0.6 is 0 Å². The number of hydrogen-bond donors (Lipinski definition) is 1. The van der Waals surface area contributed by atoms with Crippen LogP contribution in [0.4, 0.5) is 0 Å². The standard InChI is InChI=1S/C26H25N3O6S/c1-4-12-34-18-9-7-8-17(13-18)15-29-24-19(27-26(29)30)14-21-23(16(2)28-35-21)25(24)36(31,32)22-11-6-5-10-20(22)33-3/h5-11,13-14H,4,12,15H2,1-3H3,(H,27,30). The highest BCUT2D eigenvalue weighted by molar-refractivity contribution is 7.92.